The number of carbonyl (C=O) groups excluding carboxylic acids is 1. The first-order valence-electron chi connectivity index (χ1n) is 7.84. The minimum Gasteiger partial charge on any atom is -0.450 e. The number of benzene rings is 1. The van der Waals surface area contributed by atoms with Crippen LogP contribution in [0.3, 0.4) is 0 Å². The minimum absolute atomic E-state index is 0.161. The zero-order valence-electron chi connectivity index (χ0n) is 13.8. The zero-order chi connectivity index (χ0) is 17.0. The molecule has 1 aromatic carbocycles. The van der Waals surface area contributed by atoms with E-state index in [9.17, 15) is 13.2 Å². The number of sulfonamides is 1. The van der Waals surface area contributed by atoms with E-state index in [-0.39, 0.29) is 12.1 Å². The molecule has 1 heterocycles. The summed E-state index contributed by atoms with van der Waals surface area (Å²) in [5.41, 5.74) is 1.64. The van der Waals surface area contributed by atoms with E-state index in [1.807, 2.05) is 19.1 Å². The van der Waals surface area contributed by atoms with Gasteiger partial charge in [-0.25, -0.2) is 17.9 Å². The van der Waals surface area contributed by atoms with Gasteiger partial charge in [0, 0.05) is 19.1 Å². The highest BCUT2D eigenvalue weighted by Gasteiger charge is 2.27. The van der Waals surface area contributed by atoms with Crippen molar-refractivity contribution in [3.63, 3.8) is 0 Å². The lowest BCUT2D eigenvalue weighted by molar-refractivity contribution is 0.0966. The lowest BCUT2D eigenvalue weighted by Crippen LogP contribution is -2.46. The molecule has 0 spiro atoms. The van der Waals surface area contributed by atoms with Crippen molar-refractivity contribution in [2.45, 2.75) is 44.6 Å². The zero-order valence-corrected chi connectivity index (χ0v) is 14.6. The molecule has 0 unspecified atom stereocenters. The highest BCUT2D eigenvalue weighted by atomic mass is 32.2. The molecule has 0 saturated carbocycles. The van der Waals surface area contributed by atoms with Crippen molar-refractivity contribution in [2.75, 3.05) is 19.7 Å². The van der Waals surface area contributed by atoms with E-state index in [1.165, 1.54) is 0 Å². The van der Waals surface area contributed by atoms with Crippen LogP contribution in [0.4, 0.5) is 4.79 Å². The van der Waals surface area contributed by atoms with Gasteiger partial charge in [-0.2, -0.15) is 0 Å². The first-order chi connectivity index (χ1) is 10.8. The fourth-order valence-corrected chi connectivity index (χ4v) is 4.31. The molecule has 2 rings (SSSR count). The van der Waals surface area contributed by atoms with Crippen LogP contribution >= 0.6 is 0 Å². The highest BCUT2D eigenvalue weighted by Crippen LogP contribution is 2.19. The molecule has 7 heteroatoms. The van der Waals surface area contributed by atoms with Gasteiger partial charge in [0.25, 0.3) is 0 Å². The molecule has 1 fully saturated rings. The topological polar surface area (TPSA) is 75.7 Å². The molecular weight excluding hydrogens is 316 g/mol. The van der Waals surface area contributed by atoms with E-state index >= 15 is 0 Å². The summed E-state index contributed by atoms with van der Waals surface area (Å²) in [5, 5.41) is 0. The number of ether oxygens (including phenoxy) is 1. The second kappa shape index (κ2) is 7.31. The normalized spacial score (nSPS) is 16.4. The molecule has 0 aliphatic carbocycles. The van der Waals surface area contributed by atoms with E-state index in [2.05, 4.69) is 4.72 Å². The number of hydrogen-bond acceptors (Lipinski definition) is 4. The van der Waals surface area contributed by atoms with Crippen LogP contribution in [0.2, 0.25) is 0 Å². The molecule has 1 N–H and O–H groups in total. The van der Waals surface area contributed by atoms with Crippen molar-refractivity contribution in [2.24, 2.45) is 0 Å². The fourth-order valence-electron chi connectivity index (χ4n) is 2.67. The predicted molar refractivity (Wildman–Crippen MR) is 87.9 cm³/mol. The summed E-state index contributed by atoms with van der Waals surface area (Å²) in [6, 6.07) is 5.23. The summed E-state index contributed by atoms with van der Waals surface area (Å²) in [7, 11) is -3.55. The third-order valence-corrected chi connectivity index (χ3v) is 5.64. The molecule has 0 bridgehead atoms. The van der Waals surface area contributed by atoms with Crippen LogP contribution in [-0.2, 0) is 14.8 Å². The maximum Gasteiger partial charge on any atom is 0.409 e. The number of amides is 1. The number of likely N-dealkylation sites (tertiary alicyclic amines) is 1. The van der Waals surface area contributed by atoms with Gasteiger partial charge in [-0.15, -0.1) is 0 Å². The number of rotatable bonds is 4. The molecule has 0 aromatic heterocycles. The van der Waals surface area contributed by atoms with E-state index in [1.54, 1.807) is 24.8 Å². The Kier molecular flexibility index (Phi) is 5.64. The average molecular weight is 340 g/mol. The molecule has 128 valence electrons. The van der Waals surface area contributed by atoms with Gasteiger partial charge in [0.05, 0.1) is 11.5 Å². The summed E-state index contributed by atoms with van der Waals surface area (Å²) in [6.45, 7) is 6.77. The third-order valence-electron chi connectivity index (χ3n) is 3.98. The molecule has 1 aliphatic rings. The van der Waals surface area contributed by atoms with Gasteiger partial charge in [-0.1, -0.05) is 12.1 Å². The predicted octanol–water partition coefficient (Wildman–Crippen LogP) is 2.20. The van der Waals surface area contributed by atoms with Crippen LogP contribution in [-0.4, -0.2) is 45.1 Å². The van der Waals surface area contributed by atoms with Crippen molar-refractivity contribution >= 4 is 16.1 Å². The quantitative estimate of drug-likeness (QED) is 0.912. The number of aryl methyl sites for hydroxylation is 2. The second-order valence-corrected chi connectivity index (χ2v) is 7.53. The van der Waals surface area contributed by atoms with Gasteiger partial charge in [-0.3, -0.25) is 0 Å². The molecule has 1 aliphatic heterocycles. The van der Waals surface area contributed by atoms with Gasteiger partial charge >= 0.3 is 6.09 Å². The van der Waals surface area contributed by atoms with Crippen LogP contribution in [0, 0.1) is 13.8 Å². The summed E-state index contributed by atoms with van der Waals surface area (Å²) < 4.78 is 32.9. The smallest absolute Gasteiger partial charge is 0.409 e. The van der Waals surface area contributed by atoms with Crippen molar-refractivity contribution in [1.29, 1.82) is 0 Å². The van der Waals surface area contributed by atoms with E-state index in [4.69, 9.17) is 4.74 Å². The number of nitrogens with zero attached hydrogens (tertiary/aromatic N) is 1. The number of hydrogen-bond donors (Lipinski definition) is 1. The minimum atomic E-state index is -3.55. The number of piperidine rings is 1. The number of carbonyl (C=O) groups is 1. The Morgan fingerprint density at radius 3 is 2.57 bits per heavy atom. The highest BCUT2D eigenvalue weighted by molar-refractivity contribution is 7.89. The van der Waals surface area contributed by atoms with Gasteiger partial charge in [0.1, 0.15) is 0 Å². The van der Waals surface area contributed by atoms with Crippen LogP contribution in [0.5, 0.6) is 0 Å². The van der Waals surface area contributed by atoms with Gasteiger partial charge < -0.3 is 9.64 Å². The Morgan fingerprint density at radius 2 is 1.96 bits per heavy atom. The Labute approximate surface area is 137 Å². The van der Waals surface area contributed by atoms with E-state index in [0.29, 0.717) is 37.4 Å². The van der Waals surface area contributed by atoms with Crippen molar-refractivity contribution < 1.29 is 17.9 Å². The van der Waals surface area contributed by atoms with Gasteiger partial charge in [0.15, 0.2) is 0 Å². The monoisotopic (exact) mass is 340 g/mol. The van der Waals surface area contributed by atoms with Gasteiger partial charge in [-0.05, 0) is 50.8 Å². The Bertz CT molecular complexity index is 665. The summed E-state index contributed by atoms with van der Waals surface area (Å²) in [5.74, 6) is 0. The summed E-state index contributed by atoms with van der Waals surface area (Å²) in [6.07, 6.45) is 0.842. The standard InChI is InChI=1S/C16H24N2O4S/c1-4-22-16(19)18-9-7-14(8-10-18)17-23(20,21)15-11-12(2)5-6-13(15)3/h5-6,11,14,17H,4,7-10H2,1-3H3. The third kappa shape index (κ3) is 4.45. The molecule has 6 nitrogen and oxygen atoms in total. The maximum absolute atomic E-state index is 12.6. The molecule has 1 aromatic rings. The lowest BCUT2D eigenvalue weighted by atomic mass is 10.1. The van der Waals surface area contributed by atoms with Crippen molar-refractivity contribution in [3.8, 4) is 0 Å². The Hall–Kier alpha value is -1.60. The molecule has 0 atom stereocenters. The number of nitrogens with one attached hydrogen (secondary N) is 1. The lowest BCUT2D eigenvalue weighted by Gasteiger charge is -2.31. The molecular formula is C16H24N2O4S. The van der Waals surface area contributed by atoms with Crippen LogP contribution in [0.1, 0.15) is 30.9 Å². The SMILES string of the molecule is CCOC(=O)N1CCC(NS(=O)(=O)c2cc(C)ccc2C)CC1. The first-order valence-corrected chi connectivity index (χ1v) is 9.33. The molecule has 23 heavy (non-hydrogen) atoms. The molecule has 1 amide bonds. The summed E-state index contributed by atoms with van der Waals surface area (Å²) >= 11 is 0. The Balaban J connectivity index is 2.00. The largest absolute Gasteiger partial charge is 0.450 e. The Morgan fingerprint density at radius 1 is 1.30 bits per heavy atom. The second-order valence-electron chi connectivity index (χ2n) is 5.85. The van der Waals surface area contributed by atoms with Crippen LogP contribution < -0.4 is 4.72 Å². The fraction of sp³-hybridized carbons (Fsp3) is 0.562. The average Bonchev–Trinajstić information content (AvgIpc) is 2.50. The van der Waals surface area contributed by atoms with Crippen LogP contribution in [0.15, 0.2) is 23.1 Å². The van der Waals surface area contributed by atoms with Crippen molar-refractivity contribution in [1.82, 2.24) is 9.62 Å². The molecule has 1 saturated heterocycles. The molecule has 0 radical (unpaired) electrons. The van der Waals surface area contributed by atoms with Crippen LogP contribution in [0.25, 0.3) is 0 Å². The van der Waals surface area contributed by atoms with E-state index in [0.717, 1.165) is 11.1 Å². The van der Waals surface area contributed by atoms with E-state index < -0.39 is 10.0 Å². The van der Waals surface area contributed by atoms with Crippen molar-refractivity contribution in [3.05, 3.63) is 29.3 Å². The summed E-state index contributed by atoms with van der Waals surface area (Å²) in [4.78, 5) is 13.6. The maximum atomic E-state index is 12.6. The first kappa shape index (κ1) is 17.7. The van der Waals surface area contributed by atoms with Gasteiger partial charge in [0.2, 0.25) is 10.0 Å².